The molecule has 0 amide bonds. The van der Waals surface area contributed by atoms with E-state index in [1.54, 1.807) is 24.4 Å². The number of benzene rings is 2. The summed E-state index contributed by atoms with van der Waals surface area (Å²) in [6, 6.07) is 16.0. The van der Waals surface area contributed by atoms with Gasteiger partial charge in [0.1, 0.15) is 5.82 Å². The van der Waals surface area contributed by atoms with Crippen LogP contribution in [0.1, 0.15) is 5.56 Å². The van der Waals surface area contributed by atoms with Gasteiger partial charge in [0.25, 0.3) is 0 Å². The van der Waals surface area contributed by atoms with Crippen LogP contribution in [0, 0.1) is 17.1 Å². The van der Waals surface area contributed by atoms with Crippen LogP contribution in [0.5, 0.6) is 0 Å². The van der Waals surface area contributed by atoms with Crippen LogP contribution in [-0.2, 0) is 0 Å². The number of nitriles is 1. The van der Waals surface area contributed by atoms with E-state index in [-0.39, 0.29) is 5.82 Å². The van der Waals surface area contributed by atoms with Crippen molar-refractivity contribution in [2.45, 2.75) is 0 Å². The van der Waals surface area contributed by atoms with Gasteiger partial charge in [-0.25, -0.2) is 4.39 Å². The maximum atomic E-state index is 13.4. The highest BCUT2D eigenvalue weighted by Gasteiger charge is 2.11. The summed E-state index contributed by atoms with van der Waals surface area (Å²) in [5.74, 6) is -0.278. The van der Waals surface area contributed by atoms with Crippen molar-refractivity contribution in [1.29, 1.82) is 5.26 Å². The van der Waals surface area contributed by atoms with Gasteiger partial charge in [0.15, 0.2) is 0 Å². The minimum Gasteiger partial charge on any atom is -0.353 e. The fraction of sp³-hybridized carbons (Fsp3) is 0. The Balaban J connectivity index is 2.06. The lowest BCUT2D eigenvalue weighted by Crippen LogP contribution is -1.86. The molecule has 2 aromatic carbocycles. The molecule has 2 heterocycles. The molecule has 4 aromatic rings. The number of nitrogens with one attached hydrogen (secondary N) is 1. The first-order valence-electron chi connectivity index (χ1n) is 6.83. The van der Waals surface area contributed by atoms with E-state index in [0.29, 0.717) is 5.56 Å². The molecule has 0 spiro atoms. The Morgan fingerprint density at radius 3 is 2.82 bits per heavy atom. The lowest BCUT2D eigenvalue weighted by Gasteiger charge is -2.03. The quantitative estimate of drug-likeness (QED) is 0.564. The maximum absolute atomic E-state index is 13.4. The molecule has 0 saturated carbocycles. The van der Waals surface area contributed by atoms with Crippen LogP contribution < -0.4 is 0 Å². The maximum Gasteiger partial charge on any atom is 0.125 e. The SMILES string of the molecule is N#Cc1cccc(-c2nccc3c2[nH]c2cc(F)ccc23)c1. The monoisotopic (exact) mass is 287 g/mol. The molecule has 0 aliphatic rings. The number of pyridine rings is 1. The number of nitrogens with zero attached hydrogens (tertiary/aromatic N) is 2. The Morgan fingerprint density at radius 2 is 1.95 bits per heavy atom. The molecule has 104 valence electrons. The summed E-state index contributed by atoms with van der Waals surface area (Å²) in [4.78, 5) is 7.67. The molecule has 3 nitrogen and oxygen atoms in total. The number of halogens is 1. The zero-order valence-corrected chi connectivity index (χ0v) is 11.5. The number of H-pyrrole nitrogens is 1. The van der Waals surface area contributed by atoms with Crippen molar-refractivity contribution in [3.8, 4) is 17.3 Å². The van der Waals surface area contributed by atoms with E-state index in [9.17, 15) is 4.39 Å². The van der Waals surface area contributed by atoms with E-state index in [1.807, 2.05) is 18.2 Å². The van der Waals surface area contributed by atoms with Crippen molar-refractivity contribution in [2.75, 3.05) is 0 Å². The van der Waals surface area contributed by atoms with Crippen LogP contribution in [0.2, 0.25) is 0 Å². The second-order valence-corrected chi connectivity index (χ2v) is 5.09. The van der Waals surface area contributed by atoms with E-state index >= 15 is 0 Å². The fourth-order valence-corrected chi connectivity index (χ4v) is 2.76. The molecule has 1 N–H and O–H groups in total. The number of hydrogen-bond acceptors (Lipinski definition) is 2. The normalized spacial score (nSPS) is 10.9. The first-order valence-corrected chi connectivity index (χ1v) is 6.83. The highest BCUT2D eigenvalue weighted by atomic mass is 19.1. The Kier molecular flexibility index (Phi) is 2.67. The third kappa shape index (κ3) is 1.84. The molecular weight excluding hydrogens is 277 g/mol. The molecule has 0 radical (unpaired) electrons. The van der Waals surface area contributed by atoms with Gasteiger partial charge in [-0.05, 0) is 36.4 Å². The van der Waals surface area contributed by atoms with Gasteiger partial charge in [-0.15, -0.1) is 0 Å². The lowest BCUT2D eigenvalue weighted by molar-refractivity contribution is 0.629. The average molecular weight is 287 g/mol. The molecule has 0 aliphatic heterocycles. The molecule has 0 saturated heterocycles. The highest BCUT2D eigenvalue weighted by molar-refractivity contribution is 6.10. The van der Waals surface area contributed by atoms with Crippen LogP contribution in [0.3, 0.4) is 0 Å². The van der Waals surface area contributed by atoms with Gasteiger partial charge in [0.2, 0.25) is 0 Å². The van der Waals surface area contributed by atoms with Gasteiger partial charge in [-0.1, -0.05) is 12.1 Å². The Labute approximate surface area is 125 Å². The predicted octanol–water partition coefficient (Wildman–Crippen LogP) is 4.39. The van der Waals surface area contributed by atoms with Crippen LogP contribution >= 0.6 is 0 Å². The van der Waals surface area contributed by atoms with Crippen LogP contribution in [0.4, 0.5) is 4.39 Å². The van der Waals surface area contributed by atoms with Crippen LogP contribution in [0.15, 0.2) is 54.7 Å². The summed E-state index contributed by atoms with van der Waals surface area (Å²) in [5.41, 5.74) is 3.78. The average Bonchev–Trinajstić information content (AvgIpc) is 2.92. The summed E-state index contributed by atoms with van der Waals surface area (Å²) < 4.78 is 13.4. The van der Waals surface area contributed by atoms with Gasteiger partial charge >= 0.3 is 0 Å². The third-order valence-corrected chi connectivity index (χ3v) is 3.75. The molecule has 22 heavy (non-hydrogen) atoms. The van der Waals surface area contributed by atoms with Gasteiger partial charge in [0, 0.05) is 28.0 Å². The van der Waals surface area contributed by atoms with Gasteiger partial charge in [-0.2, -0.15) is 5.26 Å². The largest absolute Gasteiger partial charge is 0.353 e. The van der Waals surface area contributed by atoms with Crippen molar-refractivity contribution in [3.05, 3.63) is 66.1 Å². The van der Waals surface area contributed by atoms with Crippen molar-refractivity contribution in [2.24, 2.45) is 0 Å². The summed E-state index contributed by atoms with van der Waals surface area (Å²) in [6.07, 6.45) is 1.73. The van der Waals surface area contributed by atoms with Gasteiger partial charge in [0.05, 0.1) is 22.8 Å². The zero-order chi connectivity index (χ0) is 15.1. The fourth-order valence-electron chi connectivity index (χ4n) is 2.76. The first-order chi connectivity index (χ1) is 10.8. The molecule has 0 fully saturated rings. The van der Waals surface area contributed by atoms with E-state index in [1.165, 1.54) is 12.1 Å². The van der Waals surface area contributed by atoms with E-state index < -0.39 is 0 Å². The lowest BCUT2D eigenvalue weighted by atomic mass is 10.1. The topological polar surface area (TPSA) is 52.5 Å². The molecule has 0 bridgehead atoms. The zero-order valence-electron chi connectivity index (χ0n) is 11.5. The Hall–Kier alpha value is -3.19. The standard InChI is InChI=1S/C18H10FN3/c19-13-4-5-14-15-6-7-21-17(18(15)22-16(14)9-13)12-3-1-2-11(8-12)10-20/h1-9,22H. The molecule has 4 heteroatoms. The highest BCUT2D eigenvalue weighted by Crippen LogP contribution is 2.32. The van der Waals surface area contributed by atoms with Gasteiger partial charge < -0.3 is 4.98 Å². The molecule has 4 rings (SSSR count). The Morgan fingerprint density at radius 1 is 1.05 bits per heavy atom. The molecule has 2 aromatic heterocycles. The van der Waals surface area contributed by atoms with Gasteiger partial charge in [-0.3, -0.25) is 4.98 Å². The van der Waals surface area contributed by atoms with E-state index in [0.717, 1.165) is 33.1 Å². The molecule has 0 unspecified atom stereocenters. The molecular formula is C18H10FN3. The summed E-state index contributed by atoms with van der Waals surface area (Å²) in [6.45, 7) is 0. The summed E-state index contributed by atoms with van der Waals surface area (Å²) >= 11 is 0. The minimum atomic E-state index is -0.278. The number of fused-ring (bicyclic) bond motifs is 3. The number of rotatable bonds is 1. The second kappa shape index (κ2) is 4.68. The minimum absolute atomic E-state index is 0.278. The van der Waals surface area contributed by atoms with Crippen LogP contribution in [0.25, 0.3) is 33.1 Å². The number of aromatic nitrogens is 2. The van der Waals surface area contributed by atoms with Crippen molar-refractivity contribution in [1.82, 2.24) is 9.97 Å². The van der Waals surface area contributed by atoms with E-state index in [2.05, 4.69) is 16.0 Å². The number of hydrogen-bond donors (Lipinski definition) is 1. The van der Waals surface area contributed by atoms with Crippen molar-refractivity contribution >= 4 is 21.8 Å². The first kappa shape index (κ1) is 12.5. The predicted molar refractivity (Wildman–Crippen MR) is 83.7 cm³/mol. The second-order valence-electron chi connectivity index (χ2n) is 5.09. The number of aromatic amines is 1. The molecule has 0 aliphatic carbocycles. The summed E-state index contributed by atoms with van der Waals surface area (Å²) in [7, 11) is 0. The Bertz CT molecular complexity index is 1060. The third-order valence-electron chi connectivity index (χ3n) is 3.75. The van der Waals surface area contributed by atoms with Crippen molar-refractivity contribution < 1.29 is 4.39 Å². The van der Waals surface area contributed by atoms with Crippen LogP contribution in [-0.4, -0.2) is 9.97 Å². The smallest absolute Gasteiger partial charge is 0.125 e. The summed E-state index contributed by atoms with van der Waals surface area (Å²) in [5, 5.41) is 11.0. The van der Waals surface area contributed by atoms with E-state index in [4.69, 9.17) is 5.26 Å². The molecule has 0 atom stereocenters. The van der Waals surface area contributed by atoms with Crippen molar-refractivity contribution in [3.63, 3.8) is 0 Å².